The molecule has 0 aliphatic heterocycles. The third-order valence-electron chi connectivity index (χ3n) is 5.85. The van der Waals surface area contributed by atoms with Crippen LogP contribution in [-0.2, 0) is 5.60 Å². The van der Waals surface area contributed by atoms with Gasteiger partial charge >= 0.3 is 0 Å². The Hall–Kier alpha value is -3.16. The highest BCUT2D eigenvalue weighted by Crippen LogP contribution is 2.40. The number of aromatic amines is 1. The molecule has 7 heteroatoms. The summed E-state index contributed by atoms with van der Waals surface area (Å²) >= 11 is 1.33. The van der Waals surface area contributed by atoms with Crippen molar-refractivity contribution in [3.63, 3.8) is 0 Å². The number of aliphatic hydroxyl groups is 1. The summed E-state index contributed by atoms with van der Waals surface area (Å²) in [6, 6.07) is 11.8. The first-order chi connectivity index (χ1) is 15.0. The molecule has 0 unspecified atom stereocenters. The van der Waals surface area contributed by atoms with Gasteiger partial charge in [-0.2, -0.15) is 0 Å². The number of hydrogen-bond acceptors (Lipinski definition) is 5. The van der Waals surface area contributed by atoms with Gasteiger partial charge in [0.05, 0.1) is 16.6 Å². The maximum absolute atomic E-state index is 14.9. The normalized spacial score (nSPS) is 12.1. The molecule has 4 heterocycles. The van der Waals surface area contributed by atoms with Gasteiger partial charge in [-0.25, -0.2) is 14.4 Å². The van der Waals surface area contributed by atoms with Crippen molar-refractivity contribution in [3.8, 4) is 21.7 Å². The van der Waals surface area contributed by atoms with Crippen LogP contribution in [0.3, 0.4) is 0 Å². The fraction of sp³-hybridized carbons (Fsp3) is 0.208. The van der Waals surface area contributed by atoms with Gasteiger partial charge in [0.25, 0.3) is 0 Å². The van der Waals surface area contributed by atoms with E-state index < -0.39 is 11.4 Å². The second-order valence-electron chi connectivity index (χ2n) is 7.61. The van der Waals surface area contributed by atoms with E-state index in [1.807, 2.05) is 44.2 Å². The molecule has 0 aliphatic rings. The molecule has 0 saturated carbocycles. The zero-order chi connectivity index (χ0) is 21.6. The maximum atomic E-state index is 14.9. The van der Waals surface area contributed by atoms with E-state index in [0.717, 1.165) is 22.2 Å². The molecule has 5 nitrogen and oxygen atoms in total. The molecular formula is C24H21FN4OS. The van der Waals surface area contributed by atoms with Gasteiger partial charge in [-0.1, -0.05) is 26.0 Å². The second kappa shape index (κ2) is 7.51. The largest absolute Gasteiger partial charge is 0.383 e. The Morgan fingerprint density at radius 3 is 2.71 bits per heavy atom. The van der Waals surface area contributed by atoms with Gasteiger partial charge in [-0.05, 0) is 42.7 Å². The van der Waals surface area contributed by atoms with Crippen molar-refractivity contribution in [2.24, 2.45) is 0 Å². The van der Waals surface area contributed by atoms with Gasteiger partial charge < -0.3 is 10.1 Å². The number of aromatic nitrogens is 4. The first-order valence-electron chi connectivity index (χ1n) is 10.2. The van der Waals surface area contributed by atoms with E-state index in [9.17, 15) is 9.50 Å². The average Bonchev–Trinajstić information content (AvgIpc) is 3.46. The van der Waals surface area contributed by atoms with Crippen molar-refractivity contribution in [2.75, 3.05) is 0 Å². The van der Waals surface area contributed by atoms with E-state index in [1.54, 1.807) is 12.4 Å². The number of halogens is 1. The zero-order valence-electron chi connectivity index (χ0n) is 17.2. The molecule has 0 spiro atoms. The van der Waals surface area contributed by atoms with Crippen LogP contribution in [0.1, 0.15) is 31.7 Å². The first kappa shape index (κ1) is 19.8. The Kier molecular flexibility index (Phi) is 4.79. The summed E-state index contributed by atoms with van der Waals surface area (Å²) in [5.74, 6) is -0.410. The summed E-state index contributed by atoms with van der Waals surface area (Å²) in [7, 11) is 0. The number of rotatable bonds is 5. The van der Waals surface area contributed by atoms with Gasteiger partial charge in [0, 0.05) is 34.4 Å². The van der Waals surface area contributed by atoms with Crippen molar-refractivity contribution in [1.29, 1.82) is 0 Å². The summed E-state index contributed by atoms with van der Waals surface area (Å²) in [4.78, 5) is 17.0. The van der Waals surface area contributed by atoms with Crippen molar-refractivity contribution < 1.29 is 9.50 Å². The third-order valence-corrected chi connectivity index (χ3v) is 7.05. The molecule has 2 N–H and O–H groups in total. The van der Waals surface area contributed by atoms with Crippen molar-refractivity contribution in [3.05, 3.63) is 65.8 Å². The summed E-state index contributed by atoms with van der Waals surface area (Å²) in [6.45, 7) is 3.85. The van der Waals surface area contributed by atoms with Crippen LogP contribution in [0.25, 0.3) is 43.6 Å². The number of H-pyrrole nitrogens is 1. The SMILES string of the molecule is CCC(O)(CC)c1ncc(-c2c(F)cnc3[nH]c(-c4ccc5ncccc5c4)cc23)s1. The van der Waals surface area contributed by atoms with Crippen LogP contribution in [0, 0.1) is 5.82 Å². The fourth-order valence-electron chi connectivity index (χ4n) is 3.86. The zero-order valence-corrected chi connectivity index (χ0v) is 18.0. The molecule has 1 aromatic carbocycles. The maximum Gasteiger partial charge on any atom is 0.150 e. The molecule has 0 fully saturated rings. The van der Waals surface area contributed by atoms with Gasteiger partial charge in [-0.15, -0.1) is 11.3 Å². The van der Waals surface area contributed by atoms with E-state index in [0.29, 0.717) is 39.3 Å². The minimum absolute atomic E-state index is 0.410. The molecule has 31 heavy (non-hydrogen) atoms. The minimum Gasteiger partial charge on any atom is -0.383 e. The summed E-state index contributed by atoms with van der Waals surface area (Å²) < 4.78 is 14.9. The lowest BCUT2D eigenvalue weighted by atomic mass is 9.99. The molecular weight excluding hydrogens is 411 g/mol. The van der Waals surface area contributed by atoms with Crippen molar-refractivity contribution in [1.82, 2.24) is 19.9 Å². The van der Waals surface area contributed by atoms with Crippen LogP contribution in [0.2, 0.25) is 0 Å². The number of thiazole rings is 1. The van der Waals surface area contributed by atoms with Gasteiger partial charge in [0.1, 0.15) is 16.3 Å². The molecule has 5 rings (SSSR count). The number of hydrogen-bond donors (Lipinski definition) is 2. The smallest absolute Gasteiger partial charge is 0.150 e. The lowest BCUT2D eigenvalue weighted by Crippen LogP contribution is -2.22. The number of nitrogens with one attached hydrogen (secondary N) is 1. The topological polar surface area (TPSA) is 74.7 Å². The van der Waals surface area contributed by atoms with Crippen LogP contribution in [-0.4, -0.2) is 25.0 Å². The molecule has 0 aliphatic carbocycles. The van der Waals surface area contributed by atoms with Crippen LogP contribution >= 0.6 is 11.3 Å². The van der Waals surface area contributed by atoms with Crippen molar-refractivity contribution in [2.45, 2.75) is 32.3 Å². The first-order valence-corrected chi connectivity index (χ1v) is 11.1. The predicted molar refractivity (Wildman–Crippen MR) is 122 cm³/mol. The summed E-state index contributed by atoms with van der Waals surface area (Å²) in [5, 5.41) is 13.1. The lowest BCUT2D eigenvalue weighted by Gasteiger charge is -2.21. The van der Waals surface area contributed by atoms with Gasteiger partial charge in [0.15, 0.2) is 5.82 Å². The Bertz CT molecular complexity index is 1400. The molecule has 0 saturated heterocycles. The molecule has 0 bridgehead atoms. The highest BCUT2D eigenvalue weighted by atomic mass is 32.1. The van der Waals surface area contributed by atoms with E-state index in [1.165, 1.54) is 17.5 Å². The van der Waals surface area contributed by atoms with E-state index >= 15 is 0 Å². The Morgan fingerprint density at radius 2 is 1.90 bits per heavy atom. The minimum atomic E-state index is -0.992. The van der Waals surface area contributed by atoms with E-state index in [2.05, 4.69) is 26.0 Å². The molecule has 0 amide bonds. The predicted octanol–water partition coefficient (Wildman–Crippen LogP) is 6.05. The Balaban J connectivity index is 1.64. The average molecular weight is 433 g/mol. The lowest BCUT2D eigenvalue weighted by molar-refractivity contribution is 0.0281. The van der Waals surface area contributed by atoms with Crippen molar-refractivity contribution >= 4 is 33.3 Å². The van der Waals surface area contributed by atoms with Crippen LogP contribution < -0.4 is 0 Å². The van der Waals surface area contributed by atoms with E-state index in [-0.39, 0.29) is 0 Å². The fourth-order valence-corrected chi connectivity index (χ4v) is 5.06. The number of fused-ring (bicyclic) bond motifs is 2. The van der Waals surface area contributed by atoms with E-state index in [4.69, 9.17) is 0 Å². The molecule has 0 radical (unpaired) electrons. The van der Waals surface area contributed by atoms with Gasteiger partial charge in [-0.3, -0.25) is 4.98 Å². The number of benzene rings is 1. The van der Waals surface area contributed by atoms with Gasteiger partial charge in [0.2, 0.25) is 0 Å². The summed E-state index contributed by atoms with van der Waals surface area (Å²) in [5.41, 5.74) is 2.81. The molecule has 5 aromatic rings. The number of nitrogens with zero attached hydrogens (tertiary/aromatic N) is 3. The molecule has 156 valence electrons. The highest BCUT2D eigenvalue weighted by molar-refractivity contribution is 7.15. The third kappa shape index (κ3) is 3.30. The highest BCUT2D eigenvalue weighted by Gasteiger charge is 2.29. The van der Waals surface area contributed by atoms with Crippen LogP contribution in [0.15, 0.2) is 55.0 Å². The number of pyridine rings is 2. The molecule has 4 aromatic heterocycles. The second-order valence-corrected chi connectivity index (χ2v) is 8.64. The Morgan fingerprint density at radius 1 is 1.06 bits per heavy atom. The summed E-state index contributed by atoms with van der Waals surface area (Å²) in [6.07, 6.45) is 5.74. The van der Waals surface area contributed by atoms with Crippen LogP contribution in [0.4, 0.5) is 4.39 Å². The quantitative estimate of drug-likeness (QED) is 0.355. The van der Waals surface area contributed by atoms with Crippen LogP contribution in [0.5, 0.6) is 0 Å². The Labute approximate surface area is 182 Å². The monoisotopic (exact) mass is 432 g/mol. The standard InChI is InChI=1S/C24H21FN4OS/c1-3-24(30,4-2)23-28-13-20(31-23)21-16-11-19(29-22(16)27-12-17(21)25)15-7-8-18-14(10-15)6-5-9-26-18/h5-13,30H,3-4H2,1-2H3,(H,27,29). The molecule has 0 atom stereocenters.